The van der Waals surface area contributed by atoms with Gasteiger partial charge in [-0.05, 0) is 53.1 Å². The summed E-state index contributed by atoms with van der Waals surface area (Å²) in [5.41, 5.74) is 11.3. The number of nitrogens with two attached hydrogens (primary N) is 1. The fourth-order valence-corrected chi connectivity index (χ4v) is 4.07. The third-order valence-electron chi connectivity index (χ3n) is 5.87. The highest BCUT2D eigenvalue weighted by Gasteiger charge is 2.24. The number of carbonyl (C=O) groups is 1. The van der Waals surface area contributed by atoms with Crippen LogP contribution in [0.3, 0.4) is 0 Å². The molecule has 1 saturated heterocycles. The van der Waals surface area contributed by atoms with Crippen LogP contribution in [-0.4, -0.2) is 23.9 Å². The lowest BCUT2D eigenvalue weighted by atomic mass is 9.88. The van der Waals surface area contributed by atoms with Gasteiger partial charge in [-0.1, -0.05) is 78.9 Å². The fourth-order valence-electron chi connectivity index (χ4n) is 4.07. The van der Waals surface area contributed by atoms with Crippen LogP contribution in [0.25, 0.3) is 12.2 Å². The number of hydrogen-bond donors (Lipinski definition) is 1. The van der Waals surface area contributed by atoms with Gasteiger partial charge in [-0.3, -0.25) is 4.79 Å². The van der Waals surface area contributed by atoms with Crippen LogP contribution in [0.2, 0.25) is 0 Å². The van der Waals surface area contributed by atoms with Gasteiger partial charge in [0.05, 0.1) is 0 Å². The fraction of sp³-hybridized carbons (Fsp3) is 0.222. The number of likely N-dealkylation sites (tertiary alicyclic amines) is 1. The average Bonchev–Trinajstić information content (AvgIpc) is 2.83. The van der Waals surface area contributed by atoms with Crippen molar-refractivity contribution < 1.29 is 4.79 Å². The van der Waals surface area contributed by atoms with Gasteiger partial charge < -0.3 is 10.6 Å². The summed E-state index contributed by atoms with van der Waals surface area (Å²) in [7, 11) is 0. The predicted molar refractivity (Wildman–Crippen MR) is 124 cm³/mol. The van der Waals surface area contributed by atoms with Gasteiger partial charge in [0.15, 0.2) is 0 Å². The number of carbonyl (C=O) groups excluding carboxylic acids is 1. The molecule has 4 rings (SSSR count). The summed E-state index contributed by atoms with van der Waals surface area (Å²) in [6, 6.07) is 26.7. The Bertz CT molecular complexity index is 1000. The summed E-state index contributed by atoms with van der Waals surface area (Å²) in [6.07, 6.45) is 6.15. The van der Waals surface area contributed by atoms with Gasteiger partial charge in [0.25, 0.3) is 5.91 Å². The molecule has 0 aliphatic carbocycles. The largest absolute Gasteiger partial charge is 0.339 e. The van der Waals surface area contributed by atoms with Crippen molar-refractivity contribution >= 4 is 18.1 Å². The zero-order valence-corrected chi connectivity index (χ0v) is 17.2. The molecule has 0 saturated carbocycles. The molecule has 1 amide bonds. The van der Waals surface area contributed by atoms with E-state index in [1.54, 1.807) is 0 Å². The van der Waals surface area contributed by atoms with Gasteiger partial charge in [0, 0.05) is 25.2 Å². The predicted octanol–water partition coefficient (Wildman–Crippen LogP) is 5.34. The van der Waals surface area contributed by atoms with Crippen LogP contribution in [0.5, 0.6) is 0 Å². The molecule has 0 atom stereocenters. The summed E-state index contributed by atoms with van der Waals surface area (Å²) in [5, 5.41) is 0. The van der Waals surface area contributed by atoms with E-state index >= 15 is 0 Å². The number of amides is 1. The number of hydrogen-bond acceptors (Lipinski definition) is 2. The van der Waals surface area contributed by atoms with Crippen LogP contribution in [0, 0.1) is 0 Å². The highest BCUT2D eigenvalue weighted by molar-refractivity contribution is 5.94. The van der Waals surface area contributed by atoms with Crippen molar-refractivity contribution in [2.45, 2.75) is 25.3 Å². The lowest BCUT2D eigenvalue weighted by Gasteiger charge is -2.32. The van der Waals surface area contributed by atoms with Crippen molar-refractivity contribution in [1.82, 2.24) is 4.90 Å². The Labute approximate surface area is 178 Å². The van der Waals surface area contributed by atoms with Gasteiger partial charge in [-0.2, -0.15) is 0 Å². The maximum Gasteiger partial charge on any atom is 0.253 e. The number of piperidine rings is 1. The molecule has 0 radical (unpaired) electrons. The first kappa shape index (κ1) is 20.1. The van der Waals surface area contributed by atoms with E-state index in [-0.39, 0.29) is 5.91 Å². The Kier molecular flexibility index (Phi) is 6.41. The minimum Gasteiger partial charge on any atom is -0.339 e. The molecule has 3 nitrogen and oxygen atoms in total. The van der Waals surface area contributed by atoms with E-state index in [0.717, 1.165) is 42.6 Å². The topological polar surface area (TPSA) is 46.3 Å². The molecule has 1 aliphatic rings. The first-order valence-corrected chi connectivity index (χ1v) is 10.6. The maximum absolute atomic E-state index is 12.9. The van der Waals surface area contributed by atoms with Crippen LogP contribution in [0.15, 0.2) is 78.9 Å². The van der Waals surface area contributed by atoms with Gasteiger partial charge in [0.1, 0.15) is 0 Å². The third-order valence-corrected chi connectivity index (χ3v) is 5.87. The summed E-state index contributed by atoms with van der Waals surface area (Å²) < 4.78 is 0. The van der Waals surface area contributed by atoms with Gasteiger partial charge in [-0.15, -0.1) is 0 Å². The highest BCUT2D eigenvalue weighted by atomic mass is 16.2. The van der Waals surface area contributed by atoms with E-state index in [1.165, 1.54) is 11.1 Å². The molecule has 1 fully saturated rings. The summed E-state index contributed by atoms with van der Waals surface area (Å²) in [4.78, 5) is 14.9. The Morgan fingerprint density at radius 2 is 1.53 bits per heavy atom. The van der Waals surface area contributed by atoms with Gasteiger partial charge in [-0.25, -0.2) is 0 Å². The monoisotopic (exact) mass is 396 g/mol. The second-order valence-electron chi connectivity index (χ2n) is 7.88. The second-order valence-corrected chi connectivity index (χ2v) is 7.88. The van der Waals surface area contributed by atoms with E-state index in [9.17, 15) is 4.79 Å². The molecule has 30 heavy (non-hydrogen) atoms. The van der Waals surface area contributed by atoms with Crippen LogP contribution in [-0.2, 0) is 6.54 Å². The SMILES string of the molecule is NCc1cccc(C2CCN(C(=O)c3ccc(C=Cc4ccccc4)cc3)CC2)c1. The molecule has 1 heterocycles. The zero-order valence-electron chi connectivity index (χ0n) is 17.2. The van der Waals surface area contributed by atoms with Crippen molar-refractivity contribution in [2.75, 3.05) is 13.1 Å². The molecule has 3 heteroatoms. The second kappa shape index (κ2) is 9.55. The Morgan fingerprint density at radius 1 is 0.867 bits per heavy atom. The molecule has 0 bridgehead atoms. The van der Waals surface area contributed by atoms with E-state index in [4.69, 9.17) is 5.73 Å². The van der Waals surface area contributed by atoms with Crippen molar-refractivity contribution in [3.05, 3.63) is 107 Å². The summed E-state index contributed by atoms with van der Waals surface area (Å²) in [6.45, 7) is 2.17. The molecule has 1 aliphatic heterocycles. The Hall–Kier alpha value is -3.17. The van der Waals surface area contributed by atoms with Crippen molar-refractivity contribution in [3.63, 3.8) is 0 Å². The molecule has 3 aromatic carbocycles. The standard InChI is InChI=1S/C27H28N2O/c28-20-23-7-4-8-26(19-23)24-15-17-29(18-16-24)27(30)25-13-11-22(12-14-25)10-9-21-5-2-1-3-6-21/h1-14,19,24H,15-18,20,28H2. The minimum atomic E-state index is 0.128. The number of nitrogens with zero attached hydrogens (tertiary/aromatic N) is 1. The zero-order chi connectivity index (χ0) is 20.8. The van der Waals surface area contributed by atoms with Crippen molar-refractivity contribution in [1.29, 1.82) is 0 Å². The molecule has 0 unspecified atom stereocenters. The van der Waals surface area contributed by atoms with E-state index < -0.39 is 0 Å². The van der Waals surface area contributed by atoms with Crippen molar-refractivity contribution in [3.8, 4) is 0 Å². The molecule has 0 aromatic heterocycles. The molecule has 0 spiro atoms. The minimum absolute atomic E-state index is 0.128. The van der Waals surface area contributed by atoms with Gasteiger partial charge in [0.2, 0.25) is 0 Å². The number of rotatable bonds is 5. The molecule has 152 valence electrons. The lowest BCUT2D eigenvalue weighted by Crippen LogP contribution is -2.37. The smallest absolute Gasteiger partial charge is 0.253 e. The van der Waals surface area contributed by atoms with E-state index in [0.29, 0.717) is 12.5 Å². The van der Waals surface area contributed by atoms with Crippen LogP contribution < -0.4 is 5.73 Å². The molecule has 2 N–H and O–H groups in total. The molecule has 3 aromatic rings. The van der Waals surface area contributed by atoms with E-state index in [2.05, 4.69) is 48.6 Å². The van der Waals surface area contributed by atoms with Crippen LogP contribution in [0.1, 0.15) is 51.4 Å². The van der Waals surface area contributed by atoms with E-state index in [1.807, 2.05) is 47.4 Å². The van der Waals surface area contributed by atoms with Crippen molar-refractivity contribution in [2.24, 2.45) is 5.73 Å². The summed E-state index contributed by atoms with van der Waals surface area (Å²) in [5.74, 6) is 0.633. The lowest BCUT2D eigenvalue weighted by molar-refractivity contribution is 0.0713. The van der Waals surface area contributed by atoms with Crippen LogP contribution >= 0.6 is 0 Å². The highest BCUT2D eigenvalue weighted by Crippen LogP contribution is 2.29. The number of benzene rings is 3. The van der Waals surface area contributed by atoms with Gasteiger partial charge >= 0.3 is 0 Å². The average molecular weight is 397 g/mol. The quantitative estimate of drug-likeness (QED) is 0.592. The first-order chi connectivity index (χ1) is 14.7. The van der Waals surface area contributed by atoms with Crippen LogP contribution in [0.4, 0.5) is 0 Å². The normalized spacial score (nSPS) is 14.9. The Morgan fingerprint density at radius 3 is 2.20 bits per heavy atom. The Balaban J connectivity index is 1.35. The maximum atomic E-state index is 12.9. The third kappa shape index (κ3) is 4.87. The molecular formula is C27H28N2O. The first-order valence-electron chi connectivity index (χ1n) is 10.6. The summed E-state index contributed by atoms with van der Waals surface area (Å²) >= 11 is 0. The molecular weight excluding hydrogens is 368 g/mol.